The second-order valence-electron chi connectivity index (χ2n) is 8.96. The zero-order chi connectivity index (χ0) is 27.3. The van der Waals surface area contributed by atoms with Crippen LogP contribution in [0.2, 0.25) is 0 Å². The topological polar surface area (TPSA) is 127 Å². The summed E-state index contributed by atoms with van der Waals surface area (Å²) in [5, 5.41) is 11.7. The van der Waals surface area contributed by atoms with Crippen LogP contribution in [0.25, 0.3) is 16.9 Å². The lowest BCUT2D eigenvalue weighted by Crippen LogP contribution is -2.37. The number of halogens is 1. The second kappa shape index (κ2) is 9.62. The van der Waals surface area contributed by atoms with Crippen molar-refractivity contribution >= 4 is 34.6 Å². The molecular formula is C25H22FN7O5S. The number of benzene rings is 2. The molecule has 0 saturated heterocycles. The lowest BCUT2D eigenvalue weighted by Gasteiger charge is -2.08. The zero-order valence-electron chi connectivity index (χ0n) is 20.9. The summed E-state index contributed by atoms with van der Waals surface area (Å²) in [6, 6.07) is 11.3. The van der Waals surface area contributed by atoms with Gasteiger partial charge in [0, 0.05) is 20.6 Å². The molecule has 1 aliphatic rings. The van der Waals surface area contributed by atoms with E-state index in [9.17, 15) is 18.8 Å². The van der Waals surface area contributed by atoms with Crippen LogP contribution in [0.1, 0.15) is 11.1 Å². The predicted octanol–water partition coefficient (Wildman–Crippen LogP) is 1.41. The van der Waals surface area contributed by atoms with E-state index in [1.807, 2.05) is 12.1 Å². The maximum atomic E-state index is 13.5. The summed E-state index contributed by atoms with van der Waals surface area (Å²) < 4.78 is 29.8. The van der Waals surface area contributed by atoms with Crippen LogP contribution in [0.15, 0.2) is 57.2 Å². The molecule has 3 aromatic heterocycles. The van der Waals surface area contributed by atoms with E-state index in [0.29, 0.717) is 34.6 Å². The van der Waals surface area contributed by atoms with E-state index in [-0.39, 0.29) is 36.3 Å². The number of carbonyl (C=O) groups is 1. The average molecular weight is 552 g/mol. The first-order chi connectivity index (χ1) is 18.8. The third-order valence-electron chi connectivity index (χ3n) is 6.46. The Balaban J connectivity index is 1.30. The third kappa shape index (κ3) is 4.31. The number of amides is 1. The Morgan fingerprint density at radius 2 is 1.77 bits per heavy atom. The molecule has 4 heterocycles. The van der Waals surface area contributed by atoms with E-state index >= 15 is 0 Å². The molecule has 5 aromatic rings. The number of imidazole rings is 1. The van der Waals surface area contributed by atoms with E-state index in [2.05, 4.69) is 15.5 Å². The molecule has 1 aliphatic heterocycles. The molecule has 0 saturated carbocycles. The molecule has 0 aliphatic carbocycles. The van der Waals surface area contributed by atoms with Gasteiger partial charge >= 0.3 is 5.69 Å². The van der Waals surface area contributed by atoms with Crippen molar-refractivity contribution in [2.75, 3.05) is 12.5 Å². The van der Waals surface area contributed by atoms with Crippen LogP contribution in [0.4, 0.5) is 4.39 Å². The van der Waals surface area contributed by atoms with E-state index < -0.39 is 11.2 Å². The fourth-order valence-electron chi connectivity index (χ4n) is 4.48. The summed E-state index contributed by atoms with van der Waals surface area (Å²) >= 11 is 1.13. The monoisotopic (exact) mass is 551 g/mol. The first-order valence-electron chi connectivity index (χ1n) is 11.9. The quantitative estimate of drug-likeness (QED) is 0.301. The summed E-state index contributed by atoms with van der Waals surface area (Å²) in [6.07, 6.45) is 0. The highest BCUT2D eigenvalue weighted by molar-refractivity contribution is 7.99. The predicted molar refractivity (Wildman–Crippen MR) is 140 cm³/mol. The Morgan fingerprint density at radius 1 is 1.03 bits per heavy atom. The van der Waals surface area contributed by atoms with E-state index in [0.717, 1.165) is 27.5 Å². The van der Waals surface area contributed by atoms with Gasteiger partial charge in [0.15, 0.2) is 27.8 Å². The number of nitrogens with one attached hydrogen (secondary N) is 1. The molecule has 1 N–H and O–H groups in total. The molecule has 0 radical (unpaired) electrons. The third-order valence-corrected chi connectivity index (χ3v) is 7.39. The van der Waals surface area contributed by atoms with Crippen LogP contribution < -0.4 is 26.0 Å². The minimum Gasteiger partial charge on any atom is -0.454 e. The van der Waals surface area contributed by atoms with E-state index in [1.54, 1.807) is 34.2 Å². The second-order valence-corrected chi connectivity index (χ2v) is 9.90. The summed E-state index contributed by atoms with van der Waals surface area (Å²) in [5.41, 5.74) is 1.11. The molecule has 2 aromatic carbocycles. The molecule has 0 atom stereocenters. The number of rotatable bonds is 7. The molecule has 0 unspecified atom stereocenters. The number of aromatic nitrogens is 6. The van der Waals surface area contributed by atoms with Crippen LogP contribution in [0.5, 0.6) is 11.5 Å². The highest BCUT2D eigenvalue weighted by atomic mass is 32.2. The number of hydrogen-bond acceptors (Lipinski definition) is 8. The minimum absolute atomic E-state index is 0.0226. The molecule has 0 fully saturated rings. The first kappa shape index (κ1) is 24.7. The molecule has 0 spiro atoms. The largest absolute Gasteiger partial charge is 0.454 e. The van der Waals surface area contributed by atoms with Gasteiger partial charge in [0.05, 0.1) is 12.3 Å². The Hall–Kier alpha value is -4.59. The molecule has 39 heavy (non-hydrogen) atoms. The number of nitrogens with zero attached hydrogens (tertiary/aromatic N) is 6. The lowest BCUT2D eigenvalue weighted by molar-refractivity contribution is -0.118. The van der Waals surface area contributed by atoms with E-state index in [1.165, 1.54) is 23.7 Å². The van der Waals surface area contributed by atoms with Crippen molar-refractivity contribution in [3.8, 4) is 11.5 Å². The smallest absolute Gasteiger partial charge is 0.332 e. The van der Waals surface area contributed by atoms with Crippen molar-refractivity contribution in [1.29, 1.82) is 0 Å². The van der Waals surface area contributed by atoms with Gasteiger partial charge < -0.3 is 14.8 Å². The number of aryl methyl sites for hydroxylation is 1. The molecule has 12 nitrogen and oxygen atoms in total. The maximum absolute atomic E-state index is 13.5. The number of ether oxygens (including phenoxy) is 2. The normalized spacial score (nSPS) is 12.5. The summed E-state index contributed by atoms with van der Waals surface area (Å²) in [7, 11) is 2.96. The maximum Gasteiger partial charge on any atom is 0.332 e. The van der Waals surface area contributed by atoms with Gasteiger partial charge in [-0.25, -0.2) is 13.6 Å². The van der Waals surface area contributed by atoms with Crippen molar-refractivity contribution in [3.63, 3.8) is 0 Å². The minimum atomic E-state index is -0.514. The molecule has 0 bridgehead atoms. The van der Waals surface area contributed by atoms with Crippen molar-refractivity contribution in [2.24, 2.45) is 14.1 Å². The fourth-order valence-corrected chi connectivity index (χ4v) is 5.24. The Morgan fingerprint density at radius 3 is 2.56 bits per heavy atom. The van der Waals surface area contributed by atoms with Gasteiger partial charge in [0.2, 0.25) is 18.5 Å². The van der Waals surface area contributed by atoms with Crippen LogP contribution >= 0.6 is 11.8 Å². The van der Waals surface area contributed by atoms with Crippen LogP contribution in [-0.2, 0) is 32.0 Å². The highest BCUT2D eigenvalue weighted by Gasteiger charge is 2.24. The first-order valence-corrected chi connectivity index (χ1v) is 12.9. The Bertz CT molecular complexity index is 1870. The van der Waals surface area contributed by atoms with Crippen molar-refractivity contribution in [1.82, 2.24) is 33.6 Å². The standard InChI is InChI=1S/C25H22FN7O5S/c1-30-21-20(22(35)31(2)25(30)36)32(11-14-3-6-16(26)7-4-14)23-28-29-24(33(21)23)39-12-19(34)27-10-15-5-8-17-18(9-15)38-13-37-17/h3-9H,10-13H2,1-2H3,(H,27,34). The lowest BCUT2D eigenvalue weighted by atomic mass is 10.2. The fraction of sp³-hybridized carbons (Fsp3) is 0.240. The molecular weight excluding hydrogens is 529 g/mol. The zero-order valence-corrected chi connectivity index (χ0v) is 21.7. The van der Waals surface area contributed by atoms with Crippen LogP contribution in [0.3, 0.4) is 0 Å². The SMILES string of the molecule is Cn1c(=O)c2c(n(C)c1=O)n1c(SCC(=O)NCc3ccc4c(c3)OCO4)nnc1n2Cc1ccc(F)cc1. The Kier molecular flexibility index (Phi) is 6.10. The van der Waals surface area contributed by atoms with Gasteiger partial charge in [-0.2, -0.15) is 0 Å². The van der Waals surface area contributed by atoms with Gasteiger partial charge in [-0.05, 0) is 35.4 Å². The number of hydrogen-bond donors (Lipinski definition) is 1. The Labute approximate surface area is 223 Å². The van der Waals surface area contributed by atoms with Gasteiger partial charge in [0.25, 0.3) is 5.56 Å². The molecule has 6 rings (SSSR count). The number of thioether (sulfide) groups is 1. The summed E-state index contributed by atoms with van der Waals surface area (Å²) in [6.45, 7) is 0.666. The van der Waals surface area contributed by atoms with E-state index in [4.69, 9.17) is 9.47 Å². The molecule has 14 heteroatoms. The van der Waals surface area contributed by atoms with Crippen LogP contribution in [0, 0.1) is 5.82 Å². The molecule has 200 valence electrons. The van der Waals surface area contributed by atoms with Gasteiger partial charge in [-0.3, -0.25) is 23.3 Å². The number of fused-ring (bicyclic) bond motifs is 4. The van der Waals surface area contributed by atoms with Crippen LogP contribution in [-0.4, -0.2) is 46.8 Å². The van der Waals surface area contributed by atoms with Crippen molar-refractivity contribution in [3.05, 3.63) is 80.2 Å². The summed E-state index contributed by atoms with van der Waals surface area (Å²) in [5.74, 6) is 1.02. The molecule has 1 amide bonds. The van der Waals surface area contributed by atoms with Gasteiger partial charge in [-0.15, -0.1) is 10.2 Å². The highest BCUT2D eigenvalue weighted by Crippen LogP contribution is 2.32. The van der Waals surface area contributed by atoms with Gasteiger partial charge in [-0.1, -0.05) is 30.0 Å². The van der Waals surface area contributed by atoms with Crippen molar-refractivity contribution in [2.45, 2.75) is 18.2 Å². The number of carbonyl (C=O) groups excluding carboxylic acids is 1. The summed E-state index contributed by atoms with van der Waals surface area (Å²) in [4.78, 5) is 38.6. The van der Waals surface area contributed by atoms with Crippen molar-refractivity contribution < 1.29 is 18.7 Å². The van der Waals surface area contributed by atoms with Gasteiger partial charge in [0.1, 0.15) is 5.82 Å². The average Bonchev–Trinajstić information content (AvgIpc) is 3.65.